The maximum absolute atomic E-state index is 12.3. The highest BCUT2D eigenvalue weighted by Gasteiger charge is 2.43. The number of hydrogen-bond acceptors (Lipinski definition) is 7. The monoisotopic (exact) mass is 457 g/mol. The summed E-state index contributed by atoms with van der Waals surface area (Å²) < 4.78 is 48.7. The highest BCUT2D eigenvalue weighted by molar-refractivity contribution is 5.95. The lowest BCUT2D eigenvalue weighted by Gasteiger charge is -2.42. The number of anilines is 1. The lowest BCUT2D eigenvalue weighted by atomic mass is 10.0. The van der Waals surface area contributed by atoms with Crippen LogP contribution in [-0.2, 0) is 25.6 Å². The largest absolute Gasteiger partial charge is 0.490 e. The van der Waals surface area contributed by atoms with Gasteiger partial charge in [-0.2, -0.15) is 13.2 Å². The number of carbonyl (C=O) groups is 2. The number of pyridine rings is 1. The molecule has 1 spiro atoms. The van der Waals surface area contributed by atoms with Gasteiger partial charge in [-0.1, -0.05) is 6.07 Å². The van der Waals surface area contributed by atoms with Gasteiger partial charge in [-0.25, -0.2) is 4.79 Å². The smallest absolute Gasteiger partial charge is 0.475 e. The van der Waals surface area contributed by atoms with Crippen LogP contribution in [0.2, 0.25) is 0 Å². The number of carboxylic acids is 1. The van der Waals surface area contributed by atoms with E-state index in [2.05, 4.69) is 16.0 Å². The van der Waals surface area contributed by atoms with Gasteiger partial charge < -0.3 is 23.9 Å². The predicted octanol–water partition coefficient (Wildman–Crippen LogP) is 1.94. The van der Waals surface area contributed by atoms with E-state index >= 15 is 0 Å². The van der Waals surface area contributed by atoms with Crippen LogP contribution < -0.4 is 4.90 Å². The summed E-state index contributed by atoms with van der Waals surface area (Å²) in [5.74, 6) is -2.82. The van der Waals surface area contributed by atoms with E-state index in [4.69, 9.17) is 23.8 Å². The van der Waals surface area contributed by atoms with Gasteiger partial charge in [0, 0.05) is 38.1 Å². The second-order valence-electron chi connectivity index (χ2n) is 7.36. The number of morpholine rings is 1. The Labute approximate surface area is 181 Å². The molecule has 0 aromatic carbocycles. The van der Waals surface area contributed by atoms with Crippen LogP contribution in [0.5, 0.6) is 0 Å². The Morgan fingerprint density at radius 3 is 2.69 bits per heavy atom. The normalized spacial score (nSPS) is 22.2. The Morgan fingerprint density at radius 1 is 1.28 bits per heavy atom. The van der Waals surface area contributed by atoms with Gasteiger partial charge in [-0.15, -0.1) is 0 Å². The molecule has 2 fully saturated rings. The van der Waals surface area contributed by atoms with E-state index in [1.807, 2.05) is 12.3 Å². The summed E-state index contributed by atoms with van der Waals surface area (Å²) in [5.41, 5.74) is 1.37. The molecule has 1 amide bonds. The topological polar surface area (TPSA) is 105 Å². The van der Waals surface area contributed by atoms with E-state index in [0.29, 0.717) is 26.3 Å². The van der Waals surface area contributed by atoms with Crippen molar-refractivity contribution in [2.45, 2.75) is 18.3 Å². The molecular formula is C20H22F3N3O6. The van der Waals surface area contributed by atoms with Gasteiger partial charge in [-0.3, -0.25) is 14.7 Å². The first-order valence-electron chi connectivity index (χ1n) is 9.64. The molecule has 0 radical (unpaired) electrons. The number of carboxylic acid groups (broad SMARTS) is 1. The molecule has 2 saturated heterocycles. The fourth-order valence-electron chi connectivity index (χ4n) is 3.41. The van der Waals surface area contributed by atoms with Crippen LogP contribution in [0, 0.1) is 0 Å². The number of carbonyl (C=O) groups excluding carboxylic acids is 1. The molecule has 9 nitrogen and oxygen atoms in total. The Hall–Kier alpha value is -2.96. The number of furan rings is 1. The van der Waals surface area contributed by atoms with Gasteiger partial charge in [0.2, 0.25) is 0 Å². The summed E-state index contributed by atoms with van der Waals surface area (Å²) >= 11 is 0. The molecule has 2 aromatic heterocycles. The summed E-state index contributed by atoms with van der Waals surface area (Å²) in [6.45, 7) is 3.92. The molecule has 1 unspecified atom stereocenters. The lowest BCUT2D eigenvalue weighted by molar-refractivity contribution is -0.192. The van der Waals surface area contributed by atoms with Gasteiger partial charge in [0.05, 0.1) is 31.7 Å². The molecule has 4 rings (SSSR count). The molecule has 0 aliphatic carbocycles. The Kier molecular flexibility index (Phi) is 7.48. The van der Waals surface area contributed by atoms with Crippen molar-refractivity contribution in [1.29, 1.82) is 0 Å². The van der Waals surface area contributed by atoms with Gasteiger partial charge in [0.25, 0.3) is 5.91 Å². The van der Waals surface area contributed by atoms with Crippen LogP contribution >= 0.6 is 0 Å². The summed E-state index contributed by atoms with van der Waals surface area (Å²) in [7, 11) is 0. The second-order valence-corrected chi connectivity index (χ2v) is 7.36. The summed E-state index contributed by atoms with van der Waals surface area (Å²) in [4.78, 5) is 29.4. The third-order valence-corrected chi connectivity index (χ3v) is 4.87. The third-order valence-electron chi connectivity index (χ3n) is 4.87. The number of alkyl halides is 3. The van der Waals surface area contributed by atoms with Crippen LogP contribution in [0.1, 0.15) is 5.56 Å². The number of amides is 1. The number of aromatic nitrogens is 1. The van der Waals surface area contributed by atoms with Gasteiger partial charge in [-0.05, 0) is 11.6 Å². The van der Waals surface area contributed by atoms with E-state index in [9.17, 15) is 18.0 Å². The van der Waals surface area contributed by atoms with Crippen molar-refractivity contribution < 1.29 is 41.8 Å². The molecule has 2 aromatic rings. The molecule has 1 atom stereocenters. The van der Waals surface area contributed by atoms with Crippen LogP contribution in [-0.4, -0.2) is 78.1 Å². The number of hydrogen-bond donors (Lipinski definition) is 1. The molecule has 32 heavy (non-hydrogen) atoms. The maximum Gasteiger partial charge on any atom is 0.490 e. The van der Waals surface area contributed by atoms with Crippen molar-refractivity contribution in [2.24, 2.45) is 0 Å². The van der Waals surface area contributed by atoms with Crippen molar-refractivity contribution in [3.05, 3.63) is 48.7 Å². The quantitative estimate of drug-likeness (QED) is 0.746. The number of ether oxygens (including phenoxy) is 2. The Morgan fingerprint density at radius 2 is 2.06 bits per heavy atom. The first-order valence-corrected chi connectivity index (χ1v) is 9.64. The molecule has 0 saturated carbocycles. The van der Waals surface area contributed by atoms with Gasteiger partial charge in [0.15, 0.2) is 0 Å². The maximum atomic E-state index is 12.3. The first-order chi connectivity index (χ1) is 15.2. The molecule has 0 bridgehead atoms. The molecule has 2 aliphatic rings. The van der Waals surface area contributed by atoms with Crippen molar-refractivity contribution in [3.63, 3.8) is 0 Å². The number of nitrogens with zero attached hydrogens (tertiary/aromatic N) is 3. The highest BCUT2D eigenvalue weighted by Crippen LogP contribution is 2.28. The zero-order valence-corrected chi connectivity index (χ0v) is 17.0. The zero-order valence-electron chi connectivity index (χ0n) is 17.0. The fourth-order valence-corrected chi connectivity index (χ4v) is 3.41. The third kappa shape index (κ3) is 6.28. The lowest BCUT2D eigenvalue weighted by Crippen LogP contribution is -2.60. The van der Waals surface area contributed by atoms with Crippen LogP contribution in [0.3, 0.4) is 0 Å². The minimum atomic E-state index is -5.08. The van der Waals surface area contributed by atoms with E-state index in [1.54, 1.807) is 29.7 Å². The van der Waals surface area contributed by atoms with E-state index in [0.717, 1.165) is 24.3 Å². The van der Waals surface area contributed by atoms with Crippen molar-refractivity contribution in [3.8, 4) is 0 Å². The summed E-state index contributed by atoms with van der Waals surface area (Å²) in [6.07, 6.45) is 1.72. The minimum absolute atomic E-state index is 0.0509. The average Bonchev–Trinajstić information content (AvgIpc) is 3.21. The number of aliphatic carboxylic acids is 1. The fraction of sp³-hybridized carbons (Fsp3) is 0.450. The summed E-state index contributed by atoms with van der Waals surface area (Å²) in [6, 6.07) is 5.80. The van der Waals surface area contributed by atoms with E-state index in [1.165, 1.54) is 0 Å². The number of rotatable bonds is 3. The Balaban J connectivity index is 0.000000360. The molecule has 12 heteroatoms. The molecule has 2 aliphatic heterocycles. The standard InChI is InChI=1S/C18H21N3O4.C2HF3O2/c22-17-11-25-18(13-21(17)16-3-6-23-10-16)12-20(5-7-24-14-18)9-15-2-1-4-19-8-15;3-2(4,5)1(6)7/h1-4,6,8,10H,5,7,9,11-14H2;(H,6,7). The van der Waals surface area contributed by atoms with Crippen molar-refractivity contribution >= 4 is 17.6 Å². The van der Waals surface area contributed by atoms with Crippen LogP contribution in [0.25, 0.3) is 0 Å². The molecule has 4 heterocycles. The van der Waals surface area contributed by atoms with Gasteiger partial charge >= 0.3 is 12.1 Å². The SMILES string of the molecule is O=C(O)C(F)(F)F.O=C1COC2(COCCN(Cc3cccnc3)C2)CN1c1ccoc1. The van der Waals surface area contributed by atoms with Crippen LogP contribution in [0.4, 0.5) is 18.9 Å². The Bertz CT molecular complexity index is 894. The molecule has 174 valence electrons. The molecule has 1 N–H and O–H groups in total. The minimum Gasteiger partial charge on any atom is -0.475 e. The summed E-state index contributed by atoms with van der Waals surface area (Å²) in [5, 5.41) is 7.12. The first kappa shape index (κ1) is 23.7. The van der Waals surface area contributed by atoms with E-state index in [-0.39, 0.29) is 12.5 Å². The van der Waals surface area contributed by atoms with Crippen molar-refractivity contribution in [1.82, 2.24) is 9.88 Å². The van der Waals surface area contributed by atoms with Crippen LogP contribution in [0.15, 0.2) is 47.5 Å². The zero-order chi connectivity index (χ0) is 23.2. The second kappa shape index (κ2) is 10.1. The number of halogens is 3. The average molecular weight is 457 g/mol. The highest BCUT2D eigenvalue weighted by atomic mass is 19.4. The predicted molar refractivity (Wildman–Crippen MR) is 104 cm³/mol. The molecular weight excluding hydrogens is 435 g/mol. The van der Waals surface area contributed by atoms with E-state index < -0.39 is 17.7 Å². The van der Waals surface area contributed by atoms with Crippen molar-refractivity contribution in [2.75, 3.05) is 44.4 Å². The van der Waals surface area contributed by atoms with Gasteiger partial charge in [0.1, 0.15) is 18.5 Å².